The summed E-state index contributed by atoms with van der Waals surface area (Å²) in [5.41, 5.74) is 1.31. The van der Waals surface area contributed by atoms with Crippen molar-refractivity contribution >= 4 is 11.9 Å². The quantitative estimate of drug-likeness (QED) is 0.623. The monoisotopic (exact) mass is 288 g/mol. The van der Waals surface area contributed by atoms with Crippen LogP contribution in [0.3, 0.4) is 0 Å². The fourth-order valence-corrected chi connectivity index (χ4v) is 1.92. The number of ether oxygens (including phenoxy) is 1. The molecule has 108 valence electrons. The van der Waals surface area contributed by atoms with E-state index in [1.165, 1.54) is 31.4 Å². The molecule has 0 spiro atoms. The molecule has 0 amide bonds. The molecule has 0 saturated carbocycles. The van der Waals surface area contributed by atoms with E-state index in [9.17, 15) is 13.6 Å². The third-order valence-corrected chi connectivity index (χ3v) is 3.02. The van der Waals surface area contributed by atoms with Crippen LogP contribution in [0.4, 0.5) is 8.78 Å². The molecule has 2 aromatic rings. The molecule has 2 rings (SSSR count). The Labute approximate surface area is 121 Å². The Morgan fingerprint density at radius 3 is 2.67 bits per heavy atom. The molecule has 21 heavy (non-hydrogen) atoms. The number of allylic oxidation sites excluding steroid dienone is 1. The second kappa shape index (κ2) is 6.31. The minimum absolute atomic E-state index is 0.0231. The molecule has 0 bridgehead atoms. The topological polar surface area (TPSA) is 26.3 Å². The highest BCUT2D eigenvalue weighted by Crippen LogP contribution is 2.21. The highest BCUT2D eigenvalue weighted by Gasteiger charge is 2.10. The highest BCUT2D eigenvalue weighted by atomic mass is 19.2. The average molecular weight is 288 g/mol. The summed E-state index contributed by atoms with van der Waals surface area (Å²) in [4.78, 5) is 12.2. The van der Waals surface area contributed by atoms with E-state index in [0.29, 0.717) is 11.3 Å². The van der Waals surface area contributed by atoms with Gasteiger partial charge in [-0.05, 0) is 37.3 Å². The summed E-state index contributed by atoms with van der Waals surface area (Å²) < 4.78 is 31.7. The molecule has 2 aromatic carbocycles. The summed E-state index contributed by atoms with van der Waals surface area (Å²) >= 11 is 0. The number of carbonyl (C=O) groups excluding carboxylic acids is 1. The lowest BCUT2D eigenvalue weighted by molar-refractivity contribution is 0.104. The molecule has 0 unspecified atom stereocenters. The number of hydrogen-bond donors (Lipinski definition) is 0. The molecule has 2 nitrogen and oxygen atoms in total. The number of halogens is 2. The van der Waals surface area contributed by atoms with Gasteiger partial charge >= 0.3 is 0 Å². The number of benzene rings is 2. The van der Waals surface area contributed by atoms with Gasteiger partial charge in [0.05, 0.1) is 12.7 Å². The number of aryl methyl sites for hydroxylation is 1. The maximum atomic E-state index is 13.5. The van der Waals surface area contributed by atoms with E-state index in [1.807, 2.05) is 13.0 Å². The standard InChI is InChI=1S/C17H14F2O2/c1-11-6-9-16(21-2)13(10-11)15(20)8-7-12-4-3-5-14(18)17(12)19/h3-10H,1-2H3. The Morgan fingerprint density at radius 1 is 1.19 bits per heavy atom. The van der Waals surface area contributed by atoms with Gasteiger partial charge in [0.2, 0.25) is 0 Å². The van der Waals surface area contributed by atoms with Gasteiger partial charge in [-0.1, -0.05) is 23.8 Å². The Kier molecular flexibility index (Phi) is 4.48. The second-order valence-corrected chi connectivity index (χ2v) is 4.54. The van der Waals surface area contributed by atoms with E-state index in [2.05, 4.69) is 0 Å². The van der Waals surface area contributed by atoms with Crippen molar-refractivity contribution in [2.24, 2.45) is 0 Å². The van der Waals surface area contributed by atoms with Crippen LogP contribution in [0.1, 0.15) is 21.5 Å². The van der Waals surface area contributed by atoms with E-state index >= 15 is 0 Å². The zero-order chi connectivity index (χ0) is 15.4. The second-order valence-electron chi connectivity index (χ2n) is 4.54. The summed E-state index contributed by atoms with van der Waals surface area (Å²) in [6, 6.07) is 9.02. The van der Waals surface area contributed by atoms with E-state index in [-0.39, 0.29) is 11.3 Å². The van der Waals surface area contributed by atoms with E-state index in [0.717, 1.165) is 11.6 Å². The zero-order valence-corrected chi connectivity index (χ0v) is 11.7. The first kappa shape index (κ1) is 14.9. The van der Waals surface area contributed by atoms with Crippen molar-refractivity contribution in [3.8, 4) is 5.75 Å². The van der Waals surface area contributed by atoms with Crippen molar-refractivity contribution in [3.05, 3.63) is 70.8 Å². The van der Waals surface area contributed by atoms with Crippen LogP contribution in [0.25, 0.3) is 6.08 Å². The molecule has 0 heterocycles. The first-order valence-corrected chi connectivity index (χ1v) is 6.34. The highest BCUT2D eigenvalue weighted by molar-refractivity contribution is 6.08. The summed E-state index contributed by atoms with van der Waals surface area (Å²) in [5, 5.41) is 0. The lowest BCUT2D eigenvalue weighted by atomic mass is 10.1. The van der Waals surface area contributed by atoms with Crippen molar-refractivity contribution in [3.63, 3.8) is 0 Å². The van der Waals surface area contributed by atoms with Gasteiger partial charge in [0.1, 0.15) is 5.75 Å². The van der Waals surface area contributed by atoms with Gasteiger partial charge in [-0.15, -0.1) is 0 Å². The maximum Gasteiger partial charge on any atom is 0.189 e. The number of methoxy groups -OCH3 is 1. The van der Waals surface area contributed by atoms with Crippen LogP contribution in [0, 0.1) is 18.6 Å². The maximum absolute atomic E-state index is 13.5. The lowest BCUT2D eigenvalue weighted by Gasteiger charge is -2.06. The summed E-state index contributed by atoms with van der Waals surface area (Å²) in [7, 11) is 1.47. The third-order valence-electron chi connectivity index (χ3n) is 3.02. The lowest BCUT2D eigenvalue weighted by Crippen LogP contribution is -1.99. The van der Waals surface area contributed by atoms with Crippen LogP contribution in [0.15, 0.2) is 42.5 Å². The molecular formula is C17H14F2O2. The van der Waals surface area contributed by atoms with Crippen molar-refractivity contribution in [2.45, 2.75) is 6.92 Å². The van der Waals surface area contributed by atoms with Gasteiger partial charge in [0.25, 0.3) is 0 Å². The SMILES string of the molecule is COc1ccc(C)cc1C(=O)C=Cc1cccc(F)c1F. The molecule has 0 aromatic heterocycles. The van der Waals surface area contributed by atoms with Crippen LogP contribution in [0.2, 0.25) is 0 Å². The smallest absolute Gasteiger partial charge is 0.189 e. The number of carbonyl (C=O) groups is 1. The first-order chi connectivity index (χ1) is 10.0. The van der Waals surface area contributed by atoms with Gasteiger partial charge in [0.15, 0.2) is 17.4 Å². The van der Waals surface area contributed by atoms with Crippen molar-refractivity contribution in [1.82, 2.24) is 0 Å². The van der Waals surface area contributed by atoms with Crippen LogP contribution >= 0.6 is 0 Å². The van der Waals surface area contributed by atoms with Crippen LogP contribution in [0.5, 0.6) is 5.75 Å². The summed E-state index contributed by atoms with van der Waals surface area (Å²) in [6.07, 6.45) is 2.46. The molecule has 0 aliphatic carbocycles. The molecule has 0 atom stereocenters. The zero-order valence-electron chi connectivity index (χ0n) is 11.7. The summed E-state index contributed by atoms with van der Waals surface area (Å²) in [6.45, 7) is 1.85. The molecule has 0 N–H and O–H groups in total. The van der Waals surface area contributed by atoms with Gasteiger partial charge < -0.3 is 4.74 Å². The van der Waals surface area contributed by atoms with Crippen LogP contribution in [-0.4, -0.2) is 12.9 Å². The molecule has 0 radical (unpaired) electrons. The predicted octanol–water partition coefficient (Wildman–Crippen LogP) is 4.18. The van der Waals surface area contributed by atoms with Gasteiger partial charge in [-0.25, -0.2) is 8.78 Å². The Bertz CT molecular complexity index is 706. The van der Waals surface area contributed by atoms with Crippen molar-refractivity contribution < 1.29 is 18.3 Å². The van der Waals surface area contributed by atoms with Gasteiger partial charge in [-0.3, -0.25) is 4.79 Å². The fraction of sp³-hybridized carbons (Fsp3) is 0.118. The molecule has 4 heteroatoms. The molecule has 0 aliphatic rings. The minimum atomic E-state index is -0.974. The van der Waals surface area contributed by atoms with E-state index in [1.54, 1.807) is 12.1 Å². The molecular weight excluding hydrogens is 274 g/mol. The summed E-state index contributed by atoms with van der Waals surface area (Å²) in [5.74, 6) is -1.82. The van der Waals surface area contributed by atoms with Crippen LogP contribution in [-0.2, 0) is 0 Å². The van der Waals surface area contributed by atoms with E-state index < -0.39 is 11.6 Å². The number of rotatable bonds is 4. The largest absolute Gasteiger partial charge is 0.496 e. The van der Waals surface area contributed by atoms with Gasteiger partial charge in [0, 0.05) is 5.56 Å². The normalized spacial score (nSPS) is 10.9. The Balaban J connectivity index is 2.31. The van der Waals surface area contributed by atoms with Crippen molar-refractivity contribution in [2.75, 3.05) is 7.11 Å². The van der Waals surface area contributed by atoms with Crippen molar-refractivity contribution in [1.29, 1.82) is 0 Å². The Hall–Kier alpha value is -2.49. The average Bonchev–Trinajstić information content (AvgIpc) is 2.48. The predicted molar refractivity (Wildman–Crippen MR) is 77.5 cm³/mol. The first-order valence-electron chi connectivity index (χ1n) is 6.34. The molecule has 0 fully saturated rings. The fourth-order valence-electron chi connectivity index (χ4n) is 1.92. The van der Waals surface area contributed by atoms with E-state index in [4.69, 9.17) is 4.74 Å². The molecule has 0 aliphatic heterocycles. The Morgan fingerprint density at radius 2 is 1.95 bits per heavy atom. The molecule has 0 saturated heterocycles. The minimum Gasteiger partial charge on any atom is -0.496 e. The number of hydrogen-bond acceptors (Lipinski definition) is 2. The van der Waals surface area contributed by atoms with Gasteiger partial charge in [-0.2, -0.15) is 0 Å². The third kappa shape index (κ3) is 3.34. The van der Waals surface area contributed by atoms with Crippen LogP contribution < -0.4 is 4.74 Å². The number of ketones is 1.